The molecule has 0 bridgehead atoms. The molecule has 0 saturated carbocycles. The molecule has 0 aliphatic carbocycles. The third-order valence-corrected chi connectivity index (χ3v) is 7.21. The van der Waals surface area contributed by atoms with Crippen LogP contribution in [-0.2, 0) is 4.74 Å². The maximum absolute atomic E-state index is 12.8. The van der Waals surface area contributed by atoms with Crippen molar-refractivity contribution in [3.8, 4) is 11.5 Å². The van der Waals surface area contributed by atoms with Crippen LogP contribution in [0.2, 0.25) is 0 Å². The van der Waals surface area contributed by atoms with E-state index in [1.807, 2.05) is 18.2 Å². The van der Waals surface area contributed by atoms with E-state index in [-0.39, 0.29) is 22.8 Å². The van der Waals surface area contributed by atoms with Crippen molar-refractivity contribution in [1.82, 2.24) is 0 Å². The number of ether oxygens (including phenoxy) is 3. The number of ketones is 1. The van der Waals surface area contributed by atoms with Crippen LogP contribution in [0.5, 0.6) is 11.5 Å². The van der Waals surface area contributed by atoms with Gasteiger partial charge in [-0.25, -0.2) is 0 Å². The van der Waals surface area contributed by atoms with Gasteiger partial charge in [0.05, 0.1) is 45.8 Å². The van der Waals surface area contributed by atoms with Crippen LogP contribution in [0.15, 0.2) is 18.2 Å². The maximum atomic E-state index is 12.8. The van der Waals surface area contributed by atoms with Crippen LogP contribution >= 0.6 is 11.3 Å². The first-order chi connectivity index (χ1) is 13.5. The number of methoxy groups -OCH3 is 3. The fraction of sp³-hybridized carbons (Fsp3) is 0.591. The summed E-state index contributed by atoms with van der Waals surface area (Å²) < 4.78 is 18.1. The Kier molecular flexibility index (Phi) is 8.94. The van der Waals surface area contributed by atoms with Crippen molar-refractivity contribution in [1.29, 1.82) is 0 Å². The van der Waals surface area contributed by atoms with Crippen LogP contribution in [0.4, 0.5) is 0 Å². The third-order valence-electron chi connectivity index (χ3n) is 6.07. The molecule has 1 fully saturated rings. The van der Waals surface area contributed by atoms with Crippen molar-refractivity contribution in [2.75, 3.05) is 54.6 Å². The summed E-state index contributed by atoms with van der Waals surface area (Å²) in [5, 5.41) is 1.04. The zero-order valence-electron chi connectivity index (χ0n) is 17.8. The topological polar surface area (TPSA) is 44.8 Å². The minimum absolute atomic E-state index is 0. The number of halogens is 1. The number of carbonyl (C=O) groups excluding carboxylic acids is 1. The Bertz CT molecular complexity index is 773. The molecule has 5 nitrogen and oxygen atoms in total. The van der Waals surface area contributed by atoms with Crippen LogP contribution in [0.1, 0.15) is 35.4 Å². The second-order valence-electron chi connectivity index (χ2n) is 8.04. The summed E-state index contributed by atoms with van der Waals surface area (Å²) in [7, 11) is 7.35. The smallest absolute Gasteiger partial charge is 0.172 e. The largest absolute Gasteiger partial charge is 1.00 e. The summed E-state index contributed by atoms with van der Waals surface area (Å²) >= 11 is 1.55. The minimum Gasteiger partial charge on any atom is -1.00 e. The second-order valence-corrected chi connectivity index (χ2v) is 9.13. The molecular weight excluding hydrogens is 454 g/mol. The van der Waals surface area contributed by atoms with E-state index in [0.29, 0.717) is 23.8 Å². The van der Waals surface area contributed by atoms with E-state index in [2.05, 4.69) is 7.05 Å². The molecule has 7 heteroatoms. The van der Waals surface area contributed by atoms with Crippen LogP contribution in [0.25, 0.3) is 10.1 Å². The molecular formula is C22H32BrNO4S. The van der Waals surface area contributed by atoms with Crippen LogP contribution in [0, 0.1) is 5.92 Å². The Hall–Kier alpha value is -1.15. The summed E-state index contributed by atoms with van der Waals surface area (Å²) in [6, 6.07) is 5.89. The minimum atomic E-state index is 0. The summed E-state index contributed by atoms with van der Waals surface area (Å²) in [4.78, 5) is 13.6. The molecule has 0 amide bonds. The van der Waals surface area contributed by atoms with E-state index in [4.69, 9.17) is 14.2 Å². The normalized spacial score (nSPS) is 21.6. The van der Waals surface area contributed by atoms with Gasteiger partial charge in [-0.3, -0.25) is 4.79 Å². The number of rotatable bonds is 9. The summed E-state index contributed by atoms with van der Waals surface area (Å²) in [6.45, 7) is 4.27. The molecule has 1 aromatic carbocycles. The number of hydrogen-bond donors (Lipinski definition) is 0. The van der Waals surface area contributed by atoms with Crippen molar-refractivity contribution >= 4 is 27.2 Å². The Morgan fingerprint density at radius 1 is 1.10 bits per heavy atom. The number of quaternary nitrogens is 1. The lowest BCUT2D eigenvalue weighted by atomic mass is 9.90. The SMILES string of the molecule is COCC[N+]1(C)CCC(CCC(=O)c2cc3cc(OC)c(OC)cc3s2)CC1.[Br-]. The summed E-state index contributed by atoms with van der Waals surface area (Å²) in [5.74, 6) is 2.31. The molecule has 1 aliphatic rings. The van der Waals surface area contributed by atoms with Crippen molar-refractivity contribution in [3.05, 3.63) is 23.1 Å². The number of likely N-dealkylation sites (N-methyl/N-ethyl adjacent to an activating group) is 1. The van der Waals surface area contributed by atoms with Gasteiger partial charge < -0.3 is 35.7 Å². The number of hydrogen-bond acceptors (Lipinski definition) is 5. The van der Waals surface area contributed by atoms with Gasteiger partial charge >= 0.3 is 0 Å². The molecule has 0 spiro atoms. The van der Waals surface area contributed by atoms with E-state index in [9.17, 15) is 4.79 Å². The van der Waals surface area contributed by atoms with Crippen molar-refractivity contribution in [2.24, 2.45) is 5.92 Å². The predicted octanol–water partition coefficient (Wildman–Crippen LogP) is 1.39. The molecule has 3 rings (SSSR count). The average Bonchev–Trinajstić information content (AvgIpc) is 3.13. The lowest BCUT2D eigenvalue weighted by molar-refractivity contribution is -0.915. The molecule has 2 aromatic rings. The van der Waals surface area contributed by atoms with Crippen LogP contribution in [0.3, 0.4) is 0 Å². The standard InChI is InChI=1S/C22H32NO4S.BrH/c1-23(11-12-25-2)9-7-16(8-10-23)5-6-18(24)22-14-17-13-19(26-3)20(27-4)15-21(17)28-22;/h13-16H,5-12H2,1-4H3;1H/q+1;/p-1. The van der Waals surface area contributed by atoms with Gasteiger partial charge in [0.25, 0.3) is 0 Å². The lowest BCUT2D eigenvalue weighted by Gasteiger charge is -2.40. The molecule has 162 valence electrons. The van der Waals surface area contributed by atoms with Crippen molar-refractivity contribution in [2.45, 2.75) is 25.7 Å². The monoisotopic (exact) mass is 485 g/mol. The molecule has 29 heavy (non-hydrogen) atoms. The second kappa shape index (κ2) is 10.8. The van der Waals surface area contributed by atoms with Crippen molar-refractivity contribution in [3.63, 3.8) is 0 Å². The van der Waals surface area contributed by atoms with Gasteiger partial charge in [0, 0.05) is 24.3 Å². The van der Waals surface area contributed by atoms with Gasteiger partial charge in [-0.15, -0.1) is 11.3 Å². The zero-order valence-corrected chi connectivity index (χ0v) is 20.2. The molecule has 0 radical (unpaired) electrons. The number of benzene rings is 1. The molecule has 0 atom stereocenters. The lowest BCUT2D eigenvalue weighted by Crippen LogP contribution is -3.00. The fourth-order valence-corrected chi connectivity index (χ4v) is 5.07. The van der Waals surface area contributed by atoms with Crippen LogP contribution < -0.4 is 26.5 Å². The molecule has 1 saturated heterocycles. The first-order valence-electron chi connectivity index (χ1n) is 9.99. The molecule has 0 N–H and O–H groups in total. The Labute approximate surface area is 188 Å². The number of likely N-dealkylation sites (tertiary alicyclic amines) is 1. The summed E-state index contributed by atoms with van der Waals surface area (Å²) in [6.07, 6.45) is 4.03. The predicted molar refractivity (Wildman–Crippen MR) is 114 cm³/mol. The number of nitrogens with zero attached hydrogens (tertiary/aromatic N) is 1. The van der Waals surface area contributed by atoms with E-state index in [1.54, 1.807) is 32.7 Å². The fourth-order valence-electron chi connectivity index (χ4n) is 4.03. The number of thiophene rings is 1. The van der Waals surface area contributed by atoms with E-state index < -0.39 is 0 Å². The van der Waals surface area contributed by atoms with E-state index in [1.165, 1.54) is 25.9 Å². The molecule has 1 aromatic heterocycles. The van der Waals surface area contributed by atoms with Crippen LogP contribution in [-0.4, -0.2) is 64.9 Å². The van der Waals surface area contributed by atoms with E-state index in [0.717, 1.165) is 39.0 Å². The number of carbonyl (C=O) groups is 1. The molecule has 0 unspecified atom stereocenters. The van der Waals surface area contributed by atoms with Gasteiger partial charge in [0.2, 0.25) is 0 Å². The average molecular weight is 486 g/mol. The number of Topliss-reactive ketones (excluding diaryl/α,β-unsaturated/α-hetero) is 1. The highest BCUT2D eigenvalue weighted by atomic mass is 79.9. The third kappa shape index (κ3) is 5.94. The highest BCUT2D eigenvalue weighted by Gasteiger charge is 2.29. The Morgan fingerprint density at radius 3 is 2.38 bits per heavy atom. The number of fused-ring (bicyclic) bond motifs is 1. The van der Waals surface area contributed by atoms with Crippen molar-refractivity contribution < 1.29 is 40.5 Å². The van der Waals surface area contributed by atoms with E-state index >= 15 is 0 Å². The first kappa shape index (κ1) is 24.1. The van der Waals surface area contributed by atoms with Gasteiger partial charge in [0.15, 0.2) is 17.3 Å². The van der Waals surface area contributed by atoms with Gasteiger partial charge in [-0.1, -0.05) is 0 Å². The van der Waals surface area contributed by atoms with Gasteiger partial charge in [-0.2, -0.15) is 0 Å². The van der Waals surface area contributed by atoms with Gasteiger partial charge in [-0.05, 0) is 42.7 Å². The molecule has 2 heterocycles. The quantitative estimate of drug-likeness (QED) is 0.397. The number of piperidine rings is 1. The zero-order chi connectivity index (χ0) is 20.1. The van der Waals surface area contributed by atoms with Gasteiger partial charge in [0.1, 0.15) is 6.54 Å². The maximum Gasteiger partial charge on any atom is 0.172 e. The first-order valence-corrected chi connectivity index (χ1v) is 10.8. The Morgan fingerprint density at radius 2 is 1.76 bits per heavy atom. The molecule has 1 aliphatic heterocycles. The summed E-state index contributed by atoms with van der Waals surface area (Å²) in [5.41, 5.74) is 0. The highest BCUT2D eigenvalue weighted by molar-refractivity contribution is 7.20. The highest BCUT2D eigenvalue weighted by Crippen LogP contribution is 2.37. The Balaban J connectivity index is 0.00000300.